The molecule has 3 nitrogen and oxygen atoms in total. The zero-order chi connectivity index (χ0) is 15.2. The summed E-state index contributed by atoms with van der Waals surface area (Å²) < 4.78 is 38.4. The number of hydrogen-bond donors (Lipinski definition) is 2. The smallest absolute Gasteiger partial charge is 0.238 e. The van der Waals surface area contributed by atoms with Crippen molar-refractivity contribution in [1.82, 2.24) is 5.32 Å². The third kappa shape index (κ3) is 4.61. The molecule has 0 aliphatic heterocycles. The third-order valence-electron chi connectivity index (χ3n) is 2.73. The van der Waals surface area contributed by atoms with Crippen LogP contribution in [-0.4, -0.2) is 12.5 Å². The topological polar surface area (TPSA) is 41.1 Å². The van der Waals surface area contributed by atoms with Crippen molar-refractivity contribution in [2.24, 2.45) is 0 Å². The van der Waals surface area contributed by atoms with Crippen molar-refractivity contribution in [2.75, 3.05) is 11.9 Å². The Morgan fingerprint density at radius 1 is 0.952 bits per heavy atom. The molecule has 1 amide bonds. The molecule has 0 unspecified atom stereocenters. The van der Waals surface area contributed by atoms with Crippen molar-refractivity contribution < 1.29 is 18.0 Å². The Morgan fingerprint density at radius 3 is 2.33 bits per heavy atom. The highest BCUT2D eigenvalue weighted by molar-refractivity contribution is 5.92. The first-order chi connectivity index (χ1) is 10.0. The number of hydrogen-bond acceptors (Lipinski definition) is 2. The molecule has 110 valence electrons. The average Bonchev–Trinajstić information content (AvgIpc) is 2.45. The van der Waals surface area contributed by atoms with Crippen LogP contribution in [0.5, 0.6) is 0 Å². The van der Waals surface area contributed by atoms with Gasteiger partial charge in [0.2, 0.25) is 5.91 Å². The first-order valence-corrected chi connectivity index (χ1v) is 6.24. The van der Waals surface area contributed by atoms with Crippen LogP contribution in [-0.2, 0) is 11.3 Å². The fraction of sp³-hybridized carbons (Fsp3) is 0.133. The molecule has 0 atom stereocenters. The molecule has 0 heterocycles. The molecule has 2 aromatic rings. The standard InChI is InChI=1S/C15H13F3N2O/c16-11-2-4-12(5-3-11)20-15(21)9-19-8-10-1-6-13(17)14(18)7-10/h1-7,19H,8-9H2,(H,20,21). The zero-order valence-corrected chi connectivity index (χ0v) is 11.0. The Bertz CT molecular complexity index is 629. The fourth-order valence-corrected chi connectivity index (χ4v) is 1.71. The van der Waals surface area contributed by atoms with E-state index in [2.05, 4.69) is 10.6 Å². The van der Waals surface area contributed by atoms with Crippen LogP contribution in [0.15, 0.2) is 42.5 Å². The first kappa shape index (κ1) is 15.1. The van der Waals surface area contributed by atoms with Gasteiger partial charge in [0.25, 0.3) is 0 Å². The summed E-state index contributed by atoms with van der Waals surface area (Å²) >= 11 is 0. The summed E-state index contributed by atoms with van der Waals surface area (Å²) in [4.78, 5) is 11.6. The molecule has 0 saturated carbocycles. The van der Waals surface area contributed by atoms with E-state index < -0.39 is 11.6 Å². The summed E-state index contributed by atoms with van der Waals surface area (Å²) in [6, 6.07) is 8.91. The number of carbonyl (C=O) groups is 1. The van der Waals surface area contributed by atoms with Gasteiger partial charge in [0.05, 0.1) is 6.54 Å². The SMILES string of the molecule is O=C(CNCc1ccc(F)c(F)c1)Nc1ccc(F)cc1. The molecule has 0 bridgehead atoms. The van der Waals surface area contributed by atoms with Crippen LogP contribution < -0.4 is 10.6 Å². The van der Waals surface area contributed by atoms with Gasteiger partial charge in [-0.15, -0.1) is 0 Å². The second-order valence-electron chi connectivity index (χ2n) is 4.41. The first-order valence-electron chi connectivity index (χ1n) is 6.24. The van der Waals surface area contributed by atoms with Crippen LogP contribution in [0.4, 0.5) is 18.9 Å². The molecule has 21 heavy (non-hydrogen) atoms. The lowest BCUT2D eigenvalue weighted by atomic mass is 10.2. The van der Waals surface area contributed by atoms with Gasteiger partial charge in [-0.05, 0) is 42.0 Å². The van der Waals surface area contributed by atoms with Gasteiger partial charge < -0.3 is 10.6 Å². The normalized spacial score (nSPS) is 10.4. The highest BCUT2D eigenvalue weighted by Crippen LogP contribution is 2.09. The average molecular weight is 294 g/mol. The molecule has 0 aliphatic rings. The van der Waals surface area contributed by atoms with Gasteiger partial charge in [0.15, 0.2) is 11.6 Å². The number of halogens is 3. The van der Waals surface area contributed by atoms with E-state index in [1.807, 2.05) is 0 Å². The van der Waals surface area contributed by atoms with Gasteiger partial charge in [-0.1, -0.05) is 6.07 Å². The van der Waals surface area contributed by atoms with Gasteiger partial charge in [-0.3, -0.25) is 4.79 Å². The maximum atomic E-state index is 13.0. The molecular formula is C15H13F3N2O. The molecule has 0 aliphatic carbocycles. The van der Waals surface area contributed by atoms with Crippen LogP contribution in [0.1, 0.15) is 5.56 Å². The van der Waals surface area contributed by atoms with Crippen molar-refractivity contribution in [2.45, 2.75) is 6.54 Å². The van der Waals surface area contributed by atoms with E-state index in [0.29, 0.717) is 11.3 Å². The van der Waals surface area contributed by atoms with E-state index >= 15 is 0 Å². The third-order valence-corrected chi connectivity index (χ3v) is 2.73. The number of anilines is 1. The van der Waals surface area contributed by atoms with Crippen molar-refractivity contribution in [1.29, 1.82) is 0 Å². The van der Waals surface area contributed by atoms with Gasteiger partial charge in [-0.25, -0.2) is 13.2 Å². The second-order valence-corrected chi connectivity index (χ2v) is 4.41. The van der Waals surface area contributed by atoms with E-state index in [9.17, 15) is 18.0 Å². The van der Waals surface area contributed by atoms with E-state index in [4.69, 9.17) is 0 Å². The molecule has 0 saturated heterocycles. The Hall–Kier alpha value is -2.34. The maximum Gasteiger partial charge on any atom is 0.238 e. The van der Waals surface area contributed by atoms with E-state index in [0.717, 1.165) is 12.1 Å². The number of carbonyl (C=O) groups excluding carboxylic acids is 1. The minimum absolute atomic E-state index is 0.00360. The van der Waals surface area contributed by atoms with E-state index in [1.54, 1.807) is 0 Å². The Morgan fingerprint density at radius 2 is 1.67 bits per heavy atom. The highest BCUT2D eigenvalue weighted by atomic mass is 19.2. The molecule has 2 rings (SSSR count). The monoisotopic (exact) mass is 294 g/mol. The minimum atomic E-state index is -0.926. The van der Waals surface area contributed by atoms with E-state index in [1.165, 1.54) is 30.3 Å². The predicted octanol–water partition coefficient (Wildman–Crippen LogP) is 2.83. The summed E-state index contributed by atoms with van der Waals surface area (Å²) in [5.41, 5.74) is 1.01. The number of amides is 1. The lowest BCUT2D eigenvalue weighted by Gasteiger charge is -2.07. The fourth-order valence-electron chi connectivity index (χ4n) is 1.71. The van der Waals surface area contributed by atoms with Crippen molar-refractivity contribution in [3.63, 3.8) is 0 Å². The van der Waals surface area contributed by atoms with Crippen molar-refractivity contribution in [3.8, 4) is 0 Å². The second kappa shape index (κ2) is 6.90. The van der Waals surface area contributed by atoms with Gasteiger partial charge in [0.1, 0.15) is 5.82 Å². The quantitative estimate of drug-likeness (QED) is 0.890. The number of nitrogens with one attached hydrogen (secondary N) is 2. The molecule has 2 N–H and O–H groups in total. The van der Waals surface area contributed by atoms with Gasteiger partial charge in [-0.2, -0.15) is 0 Å². The Kier molecular flexibility index (Phi) is 4.94. The Balaban J connectivity index is 1.78. The molecule has 6 heteroatoms. The summed E-state index contributed by atoms with van der Waals surface area (Å²) in [6.07, 6.45) is 0. The summed E-state index contributed by atoms with van der Waals surface area (Å²) in [7, 11) is 0. The molecule has 0 radical (unpaired) electrons. The molecule has 0 aromatic heterocycles. The van der Waals surface area contributed by atoms with Crippen LogP contribution in [0.25, 0.3) is 0 Å². The molecule has 0 fully saturated rings. The highest BCUT2D eigenvalue weighted by Gasteiger charge is 2.04. The van der Waals surface area contributed by atoms with E-state index in [-0.39, 0.29) is 24.8 Å². The summed E-state index contributed by atoms with van der Waals surface area (Å²) in [5.74, 6) is -2.54. The summed E-state index contributed by atoms with van der Waals surface area (Å²) in [6.45, 7) is 0.227. The van der Waals surface area contributed by atoms with Crippen LogP contribution in [0.2, 0.25) is 0 Å². The van der Waals surface area contributed by atoms with Crippen LogP contribution in [0, 0.1) is 17.5 Å². The largest absolute Gasteiger partial charge is 0.325 e. The zero-order valence-electron chi connectivity index (χ0n) is 11.0. The predicted molar refractivity (Wildman–Crippen MR) is 73.1 cm³/mol. The minimum Gasteiger partial charge on any atom is -0.325 e. The molecule has 0 spiro atoms. The lowest BCUT2D eigenvalue weighted by molar-refractivity contribution is -0.115. The van der Waals surface area contributed by atoms with Gasteiger partial charge >= 0.3 is 0 Å². The van der Waals surface area contributed by atoms with Gasteiger partial charge in [0, 0.05) is 12.2 Å². The van der Waals surface area contributed by atoms with Crippen LogP contribution in [0.3, 0.4) is 0 Å². The van der Waals surface area contributed by atoms with Crippen molar-refractivity contribution in [3.05, 3.63) is 65.5 Å². The number of rotatable bonds is 5. The number of benzene rings is 2. The summed E-state index contributed by atoms with van der Waals surface area (Å²) in [5, 5.41) is 5.38. The lowest BCUT2D eigenvalue weighted by Crippen LogP contribution is -2.27. The van der Waals surface area contributed by atoms with Crippen LogP contribution >= 0.6 is 0 Å². The van der Waals surface area contributed by atoms with Crippen molar-refractivity contribution >= 4 is 11.6 Å². The molecular weight excluding hydrogens is 281 g/mol. The molecule has 2 aromatic carbocycles. The maximum absolute atomic E-state index is 13.0. The Labute approximate surface area is 119 Å².